The number of carbonyl (C=O) groups is 1. The van der Waals surface area contributed by atoms with Gasteiger partial charge < -0.3 is 20.9 Å². The van der Waals surface area contributed by atoms with E-state index in [1.54, 1.807) is 11.9 Å². The molecule has 2 aromatic heterocycles. The fourth-order valence-electron chi connectivity index (χ4n) is 1.45. The van der Waals surface area contributed by atoms with E-state index in [9.17, 15) is 4.79 Å². The van der Waals surface area contributed by atoms with Crippen LogP contribution in [0.5, 0.6) is 0 Å². The summed E-state index contributed by atoms with van der Waals surface area (Å²) in [5, 5.41) is 2.94. The summed E-state index contributed by atoms with van der Waals surface area (Å²) in [6.45, 7) is 2.72. The van der Waals surface area contributed by atoms with Gasteiger partial charge in [-0.3, -0.25) is 4.79 Å². The zero-order chi connectivity index (χ0) is 13.1. The van der Waals surface area contributed by atoms with Crippen LogP contribution in [-0.2, 0) is 4.79 Å². The van der Waals surface area contributed by atoms with Crippen molar-refractivity contribution >= 4 is 28.8 Å². The van der Waals surface area contributed by atoms with Gasteiger partial charge in [0.1, 0.15) is 5.52 Å². The third kappa shape index (κ3) is 2.31. The van der Waals surface area contributed by atoms with Gasteiger partial charge in [0.15, 0.2) is 11.5 Å². The predicted molar refractivity (Wildman–Crippen MR) is 67.9 cm³/mol. The van der Waals surface area contributed by atoms with Crippen molar-refractivity contribution in [3.8, 4) is 0 Å². The summed E-state index contributed by atoms with van der Waals surface area (Å²) in [5.74, 6) is 0.573. The first-order valence-corrected chi connectivity index (χ1v) is 5.56. The number of hydrogen-bond acceptors (Lipinski definition) is 6. The van der Waals surface area contributed by atoms with E-state index in [-0.39, 0.29) is 18.4 Å². The molecule has 0 bridgehead atoms. The first-order valence-electron chi connectivity index (χ1n) is 5.56. The minimum atomic E-state index is -0.0256. The number of rotatable bonds is 4. The maximum Gasteiger partial charge on any atom is 0.241 e. The van der Waals surface area contributed by atoms with Crippen LogP contribution in [0.25, 0.3) is 11.2 Å². The SMILES string of the molecule is CCN(C)C(=O)CNc1nc(N)nc2nc[nH]c12. The van der Waals surface area contributed by atoms with Gasteiger partial charge in [-0.2, -0.15) is 9.97 Å². The standard InChI is InChI=1S/C10H15N7O/c1-3-17(2)6(18)4-12-8-7-9(14-5-13-7)16-10(11)15-8/h5H,3-4H2,1-2H3,(H4,11,12,13,14,15,16). The summed E-state index contributed by atoms with van der Waals surface area (Å²) in [4.78, 5) is 28.2. The molecular formula is C10H15N7O. The minimum Gasteiger partial charge on any atom is -0.368 e. The molecule has 0 unspecified atom stereocenters. The van der Waals surface area contributed by atoms with Gasteiger partial charge in [0.05, 0.1) is 12.9 Å². The lowest BCUT2D eigenvalue weighted by atomic mass is 10.4. The second-order valence-electron chi connectivity index (χ2n) is 3.79. The number of nitrogens with one attached hydrogen (secondary N) is 2. The molecule has 2 heterocycles. The number of nitrogen functional groups attached to an aromatic ring is 1. The lowest BCUT2D eigenvalue weighted by Gasteiger charge is -2.15. The van der Waals surface area contributed by atoms with Crippen molar-refractivity contribution in [1.29, 1.82) is 0 Å². The van der Waals surface area contributed by atoms with E-state index in [1.165, 1.54) is 6.33 Å². The van der Waals surface area contributed by atoms with Crippen molar-refractivity contribution in [2.45, 2.75) is 6.92 Å². The second-order valence-corrected chi connectivity index (χ2v) is 3.79. The molecule has 0 aromatic carbocycles. The molecule has 8 nitrogen and oxygen atoms in total. The largest absolute Gasteiger partial charge is 0.368 e. The van der Waals surface area contributed by atoms with E-state index in [4.69, 9.17) is 5.73 Å². The van der Waals surface area contributed by atoms with Crippen LogP contribution in [0.15, 0.2) is 6.33 Å². The van der Waals surface area contributed by atoms with Crippen LogP contribution in [-0.4, -0.2) is 50.9 Å². The molecule has 0 aliphatic rings. The van der Waals surface area contributed by atoms with E-state index >= 15 is 0 Å². The number of carbonyl (C=O) groups excluding carboxylic acids is 1. The van der Waals surface area contributed by atoms with Crippen molar-refractivity contribution in [3.05, 3.63) is 6.33 Å². The van der Waals surface area contributed by atoms with Gasteiger partial charge in [0.2, 0.25) is 11.9 Å². The molecule has 18 heavy (non-hydrogen) atoms. The second kappa shape index (κ2) is 4.86. The van der Waals surface area contributed by atoms with Crippen molar-refractivity contribution in [2.75, 3.05) is 31.2 Å². The molecule has 1 amide bonds. The number of anilines is 2. The molecule has 8 heteroatoms. The van der Waals surface area contributed by atoms with Crippen LogP contribution in [0.1, 0.15) is 6.92 Å². The Morgan fingerprint density at radius 1 is 1.56 bits per heavy atom. The fourth-order valence-corrected chi connectivity index (χ4v) is 1.45. The molecule has 0 radical (unpaired) electrons. The molecule has 0 fully saturated rings. The molecule has 0 atom stereocenters. The lowest BCUT2D eigenvalue weighted by molar-refractivity contribution is -0.127. The number of amides is 1. The summed E-state index contributed by atoms with van der Waals surface area (Å²) < 4.78 is 0. The van der Waals surface area contributed by atoms with E-state index in [0.29, 0.717) is 23.5 Å². The molecule has 4 N–H and O–H groups in total. The van der Waals surface area contributed by atoms with Gasteiger partial charge in [-0.1, -0.05) is 0 Å². The normalized spacial score (nSPS) is 10.6. The van der Waals surface area contributed by atoms with Gasteiger partial charge in [-0.15, -0.1) is 0 Å². The van der Waals surface area contributed by atoms with Crippen LogP contribution in [0, 0.1) is 0 Å². The van der Waals surface area contributed by atoms with E-state index in [0.717, 1.165) is 0 Å². The van der Waals surface area contributed by atoms with Crippen LogP contribution in [0.3, 0.4) is 0 Å². The Bertz CT molecular complexity index is 564. The first kappa shape index (κ1) is 12.1. The topological polar surface area (TPSA) is 113 Å². The Balaban J connectivity index is 2.16. The minimum absolute atomic E-state index is 0.0256. The van der Waals surface area contributed by atoms with Crippen LogP contribution < -0.4 is 11.1 Å². The highest BCUT2D eigenvalue weighted by Crippen LogP contribution is 2.16. The zero-order valence-electron chi connectivity index (χ0n) is 10.3. The Labute approximate surface area is 104 Å². The molecule has 0 aliphatic carbocycles. The number of nitrogens with zero attached hydrogens (tertiary/aromatic N) is 4. The van der Waals surface area contributed by atoms with Crippen LogP contribution in [0.2, 0.25) is 0 Å². The number of nitrogens with two attached hydrogens (primary N) is 1. The van der Waals surface area contributed by atoms with E-state index in [2.05, 4.69) is 25.3 Å². The quantitative estimate of drug-likeness (QED) is 0.693. The molecule has 0 aliphatic heterocycles. The summed E-state index contributed by atoms with van der Waals surface area (Å²) in [5.41, 5.74) is 6.67. The number of aromatic nitrogens is 4. The van der Waals surface area contributed by atoms with Gasteiger partial charge in [-0.25, -0.2) is 4.98 Å². The number of hydrogen-bond donors (Lipinski definition) is 3. The summed E-state index contributed by atoms with van der Waals surface area (Å²) >= 11 is 0. The van der Waals surface area contributed by atoms with Gasteiger partial charge >= 0.3 is 0 Å². The summed E-state index contributed by atoms with van der Waals surface area (Å²) in [6, 6.07) is 0. The molecule has 2 rings (SSSR count). The average molecular weight is 249 g/mol. The highest BCUT2D eigenvalue weighted by molar-refractivity contribution is 5.87. The Morgan fingerprint density at radius 3 is 3.06 bits per heavy atom. The average Bonchev–Trinajstić information content (AvgIpc) is 2.82. The number of aromatic amines is 1. The summed E-state index contributed by atoms with van der Waals surface area (Å²) in [6.07, 6.45) is 1.50. The van der Waals surface area contributed by atoms with Crippen molar-refractivity contribution in [3.63, 3.8) is 0 Å². The zero-order valence-corrected chi connectivity index (χ0v) is 10.3. The number of fused-ring (bicyclic) bond motifs is 1. The van der Waals surface area contributed by atoms with Gasteiger partial charge in [-0.05, 0) is 6.92 Å². The van der Waals surface area contributed by atoms with Crippen molar-refractivity contribution in [1.82, 2.24) is 24.8 Å². The Kier molecular flexibility index (Phi) is 3.26. The molecular weight excluding hydrogens is 234 g/mol. The number of H-pyrrole nitrogens is 1. The monoisotopic (exact) mass is 249 g/mol. The molecule has 2 aromatic rings. The van der Waals surface area contributed by atoms with Crippen LogP contribution in [0.4, 0.5) is 11.8 Å². The number of likely N-dealkylation sites (N-methyl/N-ethyl adjacent to an activating group) is 1. The van der Waals surface area contributed by atoms with Gasteiger partial charge in [0, 0.05) is 13.6 Å². The third-order valence-electron chi connectivity index (χ3n) is 2.61. The van der Waals surface area contributed by atoms with Crippen LogP contribution >= 0.6 is 0 Å². The van der Waals surface area contributed by atoms with Crippen molar-refractivity contribution in [2.24, 2.45) is 0 Å². The fraction of sp³-hybridized carbons (Fsp3) is 0.400. The predicted octanol–water partition coefficient (Wildman–Crippen LogP) is -0.175. The maximum atomic E-state index is 11.7. The number of imidazole rings is 1. The lowest BCUT2D eigenvalue weighted by Crippen LogP contribution is -2.32. The van der Waals surface area contributed by atoms with E-state index < -0.39 is 0 Å². The first-order chi connectivity index (χ1) is 8.61. The maximum absolute atomic E-state index is 11.7. The highest BCUT2D eigenvalue weighted by Gasteiger charge is 2.11. The van der Waals surface area contributed by atoms with Gasteiger partial charge in [0.25, 0.3) is 0 Å². The molecule has 0 saturated carbocycles. The molecule has 0 spiro atoms. The van der Waals surface area contributed by atoms with Crippen molar-refractivity contribution < 1.29 is 4.79 Å². The summed E-state index contributed by atoms with van der Waals surface area (Å²) in [7, 11) is 1.74. The smallest absolute Gasteiger partial charge is 0.241 e. The molecule has 0 saturated heterocycles. The Morgan fingerprint density at radius 2 is 2.33 bits per heavy atom. The van der Waals surface area contributed by atoms with E-state index in [1.807, 2.05) is 6.92 Å². The Hall–Kier alpha value is -2.38. The molecule has 96 valence electrons. The highest BCUT2D eigenvalue weighted by atomic mass is 16.2. The third-order valence-corrected chi connectivity index (χ3v) is 2.61.